The lowest BCUT2D eigenvalue weighted by molar-refractivity contribution is -0.429. The van der Waals surface area contributed by atoms with Crippen molar-refractivity contribution in [2.24, 2.45) is 0 Å². The number of hydrogen-bond donors (Lipinski definition) is 0. The van der Waals surface area contributed by atoms with Crippen molar-refractivity contribution in [3.8, 4) is 0 Å². The van der Waals surface area contributed by atoms with Crippen molar-refractivity contribution in [2.45, 2.75) is 36.3 Å². The molecule has 0 rings (SSSR count). The highest BCUT2D eigenvalue weighted by molar-refractivity contribution is 6.75. The minimum atomic E-state index is -2.22. The maximum atomic E-state index is 5.78. The second-order valence-corrected chi connectivity index (χ2v) is 13.1. The Morgan fingerprint density at radius 1 is 0.478 bits per heavy atom. The number of allylic oxidation sites excluding steroid dienone is 6. The van der Waals surface area contributed by atoms with Crippen LogP contribution < -0.4 is 0 Å². The predicted octanol–water partition coefficient (Wildman–Crippen LogP) is 5.87. The second kappa shape index (κ2) is 12.2. The molecule has 0 unspecified atom stereocenters. The Hall–Kier alpha value is -1.25. The molecule has 0 aromatic carbocycles. The van der Waals surface area contributed by atoms with Crippen LogP contribution in [0.5, 0.6) is 0 Å². The first kappa shape index (κ1) is 21.8. The fourth-order valence-electron chi connectivity index (χ4n) is 2.44. The SMILES string of the molecule is C=CC[Si](CC=C)(CC=C)OOO[Si](CC=C)(CC=C)CC=C. The second-order valence-electron chi connectivity index (χ2n) is 5.56. The molecule has 0 bridgehead atoms. The standard InChI is InChI=1S/C18H30O3Si2/c1-7-13-22(14-8-2,15-9-3)20-19-21-23(16-10-4,17-11-5)18-12-6/h7-12H,1-6,13-18H2. The molecule has 0 spiro atoms. The summed E-state index contributed by atoms with van der Waals surface area (Å²) in [6.45, 7) is 22.9. The molecule has 0 amide bonds. The highest BCUT2D eigenvalue weighted by Crippen LogP contribution is 2.28. The van der Waals surface area contributed by atoms with Crippen LogP contribution in [0.25, 0.3) is 0 Å². The van der Waals surface area contributed by atoms with Gasteiger partial charge in [-0.3, -0.25) is 9.15 Å². The van der Waals surface area contributed by atoms with Gasteiger partial charge in [0.15, 0.2) is 0 Å². The molecular weight excluding hydrogens is 320 g/mol. The van der Waals surface area contributed by atoms with Crippen molar-refractivity contribution in [3.63, 3.8) is 0 Å². The van der Waals surface area contributed by atoms with Crippen molar-refractivity contribution < 1.29 is 14.2 Å². The Bertz CT molecular complexity index is 327. The van der Waals surface area contributed by atoms with Crippen LogP contribution in [-0.4, -0.2) is 16.6 Å². The lowest BCUT2D eigenvalue weighted by Gasteiger charge is -2.30. The van der Waals surface area contributed by atoms with Gasteiger partial charge < -0.3 is 0 Å². The molecule has 0 aliphatic rings. The Balaban J connectivity index is 5.02. The summed E-state index contributed by atoms with van der Waals surface area (Å²) in [4.78, 5) is 0. The average Bonchev–Trinajstić information content (AvgIpc) is 2.49. The van der Waals surface area contributed by atoms with Crippen LogP contribution >= 0.6 is 0 Å². The smallest absolute Gasteiger partial charge is 0.254 e. The molecule has 3 nitrogen and oxygen atoms in total. The lowest BCUT2D eigenvalue weighted by Crippen LogP contribution is -2.41. The maximum Gasteiger partial charge on any atom is 0.254 e. The third-order valence-corrected chi connectivity index (χ3v) is 10.6. The van der Waals surface area contributed by atoms with Crippen LogP contribution in [0, 0.1) is 0 Å². The van der Waals surface area contributed by atoms with Gasteiger partial charge in [-0.25, -0.2) is 0 Å². The highest BCUT2D eigenvalue weighted by Gasteiger charge is 2.37. The summed E-state index contributed by atoms with van der Waals surface area (Å²) in [5.74, 6) is 0. The summed E-state index contributed by atoms with van der Waals surface area (Å²) < 4.78 is 11.6. The molecule has 0 radical (unpaired) electrons. The fourth-order valence-corrected chi connectivity index (χ4v) is 7.43. The first-order chi connectivity index (χ1) is 11.1. The summed E-state index contributed by atoms with van der Waals surface area (Å²) >= 11 is 0. The van der Waals surface area contributed by atoms with Crippen LogP contribution in [0.1, 0.15) is 0 Å². The first-order valence-corrected chi connectivity index (χ1v) is 12.8. The van der Waals surface area contributed by atoms with E-state index in [0.29, 0.717) is 0 Å². The maximum absolute atomic E-state index is 5.78. The van der Waals surface area contributed by atoms with Crippen molar-refractivity contribution in [1.29, 1.82) is 0 Å². The molecule has 0 N–H and O–H groups in total. The van der Waals surface area contributed by atoms with Gasteiger partial charge in [0, 0.05) is 0 Å². The molecule has 0 aliphatic heterocycles. The van der Waals surface area contributed by atoms with Crippen molar-refractivity contribution in [2.75, 3.05) is 0 Å². The molecule has 23 heavy (non-hydrogen) atoms. The molecule has 0 heterocycles. The molecule has 0 aliphatic carbocycles. The molecular formula is C18H30O3Si2. The van der Waals surface area contributed by atoms with Crippen LogP contribution in [0.4, 0.5) is 0 Å². The molecule has 0 saturated carbocycles. The van der Waals surface area contributed by atoms with E-state index < -0.39 is 16.6 Å². The van der Waals surface area contributed by atoms with Crippen molar-refractivity contribution in [3.05, 3.63) is 75.9 Å². The van der Waals surface area contributed by atoms with Crippen LogP contribution in [0.2, 0.25) is 36.3 Å². The normalized spacial score (nSPS) is 11.5. The van der Waals surface area contributed by atoms with Gasteiger partial charge in [-0.1, -0.05) is 41.5 Å². The quantitative estimate of drug-likeness (QED) is 0.151. The van der Waals surface area contributed by atoms with Gasteiger partial charge in [0.05, 0.1) is 0 Å². The zero-order valence-electron chi connectivity index (χ0n) is 14.2. The first-order valence-electron chi connectivity index (χ1n) is 7.76. The van der Waals surface area contributed by atoms with E-state index in [1.165, 1.54) is 0 Å². The van der Waals surface area contributed by atoms with E-state index in [0.717, 1.165) is 36.3 Å². The summed E-state index contributed by atoms with van der Waals surface area (Å²) in [6, 6.07) is 4.46. The van der Waals surface area contributed by atoms with Crippen LogP contribution in [-0.2, 0) is 14.2 Å². The topological polar surface area (TPSA) is 27.7 Å². The van der Waals surface area contributed by atoms with Gasteiger partial charge in [-0.15, -0.1) is 39.5 Å². The Morgan fingerprint density at radius 2 is 0.696 bits per heavy atom. The highest BCUT2D eigenvalue weighted by atomic mass is 28.4. The number of rotatable bonds is 16. The average molecular weight is 351 g/mol. The Kier molecular flexibility index (Phi) is 11.5. The molecule has 0 fully saturated rings. The van der Waals surface area contributed by atoms with E-state index in [4.69, 9.17) is 14.2 Å². The molecule has 0 atom stereocenters. The molecule has 0 aromatic heterocycles. The minimum Gasteiger partial charge on any atom is -0.257 e. The van der Waals surface area contributed by atoms with Crippen molar-refractivity contribution in [1.82, 2.24) is 0 Å². The minimum absolute atomic E-state index is 0.743. The van der Waals surface area contributed by atoms with Crippen LogP contribution in [0.3, 0.4) is 0 Å². The van der Waals surface area contributed by atoms with Gasteiger partial charge >= 0.3 is 0 Å². The van der Waals surface area contributed by atoms with Crippen LogP contribution in [0.15, 0.2) is 75.9 Å². The van der Waals surface area contributed by atoms with E-state index in [1.54, 1.807) is 0 Å². The van der Waals surface area contributed by atoms with Gasteiger partial charge in [0.2, 0.25) is 0 Å². The van der Waals surface area contributed by atoms with E-state index in [2.05, 4.69) is 39.5 Å². The van der Waals surface area contributed by atoms with E-state index >= 15 is 0 Å². The zero-order chi connectivity index (χ0) is 17.6. The van der Waals surface area contributed by atoms with Gasteiger partial charge in [-0.2, -0.15) is 0 Å². The van der Waals surface area contributed by atoms with Crippen molar-refractivity contribution >= 4 is 16.6 Å². The summed E-state index contributed by atoms with van der Waals surface area (Å²) in [5, 5.41) is 5.32. The Morgan fingerprint density at radius 3 is 0.870 bits per heavy atom. The lowest BCUT2D eigenvalue weighted by atomic mass is 10.7. The van der Waals surface area contributed by atoms with E-state index in [1.807, 2.05) is 36.5 Å². The fraction of sp³-hybridized carbons (Fsp3) is 0.333. The third-order valence-electron chi connectivity index (χ3n) is 3.52. The molecule has 0 aromatic rings. The summed E-state index contributed by atoms with van der Waals surface area (Å²) in [7, 11) is -4.44. The monoisotopic (exact) mass is 350 g/mol. The number of hydrogen-bond acceptors (Lipinski definition) is 3. The zero-order valence-corrected chi connectivity index (χ0v) is 16.2. The molecule has 5 heteroatoms. The molecule has 128 valence electrons. The largest absolute Gasteiger partial charge is 0.257 e. The van der Waals surface area contributed by atoms with Gasteiger partial charge in [0.25, 0.3) is 16.6 Å². The summed E-state index contributed by atoms with van der Waals surface area (Å²) in [6.07, 6.45) is 11.1. The molecule has 0 saturated heterocycles. The van der Waals surface area contributed by atoms with E-state index in [-0.39, 0.29) is 0 Å². The summed E-state index contributed by atoms with van der Waals surface area (Å²) in [5.41, 5.74) is 0. The third kappa shape index (κ3) is 7.72. The Labute approximate surface area is 143 Å². The predicted molar refractivity (Wildman–Crippen MR) is 105 cm³/mol. The van der Waals surface area contributed by atoms with Gasteiger partial charge in [-0.05, 0) is 36.3 Å². The van der Waals surface area contributed by atoms with Gasteiger partial charge in [0.1, 0.15) is 0 Å². The van der Waals surface area contributed by atoms with E-state index in [9.17, 15) is 0 Å².